The molecular formula is C22H19N5OS. The van der Waals surface area contributed by atoms with Crippen molar-refractivity contribution in [3.8, 4) is 17.2 Å². The van der Waals surface area contributed by atoms with Gasteiger partial charge in [-0.15, -0.1) is 11.3 Å². The zero-order chi connectivity index (χ0) is 20.1. The van der Waals surface area contributed by atoms with Gasteiger partial charge in [-0.2, -0.15) is 5.26 Å². The fourth-order valence-corrected chi connectivity index (χ4v) is 4.02. The van der Waals surface area contributed by atoms with Gasteiger partial charge in [-0.3, -0.25) is 4.98 Å². The lowest BCUT2D eigenvalue weighted by atomic mass is 10.1. The Balaban J connectivity index is 1.65. The van der Waals surface area contributed by atoms with Crippen molar-refractivity contribution >= 4 is 33.1 Å². The molecule has 0 unspecified atom stereocenters. The van der Waals surface area contributed by atoms with Gasteiger partial charge in [0.2, 0.25) is 0 Å². The minimum atomic E-state index is 0.103. The van der Waals surface area contributed by atoms with Crippen LogP contribution in [0.1, 0.15) is 11.1 Å². The van der Waals surface area contributed by atoms with Crippen molar-refractivity contribution in [1.29, 1.82) is 5.26 Å². The number of nitrogens with one attached hydrogen (secondary N) is 2. The number of nitriles is 1. The van der Waals surface area contributed by atoms with E-state index in [1.54, 1.807) is 12.4 Å². The molecule has 3 aromatic heterocycles. The van der Waals surface area contributed by atoms with Crippen LogP contribution < -0.4 is 10.6 Å². The van der Waals surface area contributed by atoms with E-state index in [0.29, 0.717) is 24.5 Å². The molecule has 7 heteroatoms. The highest BCUT2D eigenvalue weighted by Gasteiger charge is 2.15. The molecule has 29 heavy (non-hydrogen) atoms. The number of nitrogens with zero attached hydrogens (tertiary/aromatic N) is 3. The number of thiophene rings is 1. The van der Waals surface area contributed by atoms with Gasteiger partial charge in [-0.25, -0.2) is 4.98 Å². The van der Waals surface area contributed by atoms with Crippen LogP contribution >= 0.6 is 11.3 Å². The minimum absolute atomic E-state index is 0.103. The lowest BCUT2D eigenvalue weighted by Crippen LogP contribution is -2.17. The second-order valence-corrected chi connectivity index (χ2v) is 7.31. The average molecular weight is 401 g/mol. The molecule has 1 aromatic carbocycles. The van der Waals surface area contributed by atoms with E-state index in [2.05, 4.69) is 32.7 Å². The third-order valence-electron chi connectivity index (χ3n) is 4.49. The molecule has 0 atom stereocenters. The van der Waals surface area contributed by atoms with Gasteiger partial charge in [-0.1, -0.05) is 30.3 Å². The predicted molar refractivity (Wildman–Crippen MR) is 116 cm³/mol. The first kappa shape index (κ1) is 19.0. The molecule has 4 rings (SSSR count). The van der Waals surface area contributed by atoms with Gasteiger partial charge in [0.1, 0.15) is 16.6 Å². The minimum Gasteiger partial charge on any atom is -0.395 e. The summed E-state index contributed by atoms with van der Waals surface area (Å²) in [5.74, 6) is 0.621. The van der Waals surface area contributed by atoms with Crippen molar-refractivity contribution in [1.82, 2.24) is 15.3 Å². The molecule has 3 heterocycles. The molecule has 0 aliphatic heterocycles. The van der Waals surface area contributed by atoms with Crippen LogP contribution in [0.4, 0.5) is 10.8 Å². The molecule has 6 nitrogen and oxygen atoms in total. The molecule has 0 aliphatic carbocycles. The van der Waals surface area contributed by atoms with E-state index in [4.69, 9.17) is 5.11 Å². The van der Waals surface area contributed by atoms with Crippen molar-refractivity contribution in [2.45, 2.75) is 6.54 Å². The van der Waals surface area contributed by atoms with E-state index < -0.39 is 0 Å². The van der Waals surface area contributed by atoms with Gasteiger partial charge in [0, 0.05) is 41.8 Å². The van der Waals surface area contributed by atoms with Crippen LogP contribution in [-0.2, 0) is 6.54 Å². The number of anilines is 2. The van der Waals surface area contributed by atoms with Gasteiger partial charge in [0.25, 0.3) is 0 Å². The molecule has 0 saturated carbocycles. The van der Waals surface area contributed by atoms with Crippen LogP contribution in [0.25, 0.3) is 22.0 Å². The molecule has 3 N–H and O–H groups in total. The molecule has 0 spiro atoms. The Hall–Kier alpha value is -3.31. The summed E-state index contributed by atoms with van der Waals surface area (Å²) in [7, 11) is 0. The van der Waals surface area contributed by atoms with Crippen molar-refractivity contribution in [2.24, 2.45) is 0 Å². The number of aliphatic hydroxyl groups excluding tert-OH is 1. The normalized spacial score (nSPS) is 10.8. The van der Waals surface area contributed by atoms with Gasteiger partial charge in [-0.05, 0) is 23.3 Å². The van der Waals surface area contributed by atoms with Crippen molar-refractivity contribution in [3.05, 3.63) is 71.4 Å². The lowest BCUT2D eigenvalue weighted by Gasteiger charge is -2.09. The Morgan fingerprint density at radius 2 is 2.00 bits per heavy atom. The number of rotatable bonds is 7. The average Bonchev–Trinajstić information content (AvgIpc) is 3.17. The number of benzene rings is 1. The highest BCUT2D eigenvalue weighted by Crippen LogP contribution is 2.37. The zero-order valence-corrected chi connectivity index (χ0v) is 16.4. The third-order valence-corrected chi connectivity index (χ3v) is 5.39. The van der Waals surface area contributed by atoms with Crippen molar-refractivity contribution in [2.75, 3.05) is 18.5 Å². The van der Waals surface area contributed by atoms with E-state index in [1.807, 2.05) is 41.8 Å². The fraction of sp³-hybridized carbons (Fsp3) is 0.136. The van der Waals surface area contributed by atoms with Crippen LogP contribution in [0.15, 0.2) is 60.2 Å². The molecule has 0 saturated heterocycles. The van der Waals surface area contributed by atoms with E-state index in [1.165, 1.54) is 11.3 Å². The second-order valence-electron chi connectivity index (χ2n) is 6.43. The van der Waals surface area contributed by atoms with Gasteiger partial charge < -0.3 is 15.7 Å². The quantitative estimate of drug-likeness (QED) is 0.405. The lowest BCUT2D eigenvalue weighted by molar-refractivity contribution is 0.292. The molecule has 0 aliphatic rings. The Kier molecular flexibility index (Phi) is 5.77. The van der Waals surface area contributed by atoms with Crippen LogP contribution in [-0.4, -0.2) is 28.2 Å². The fourth-order valence-electron chi connectivity index (χ4n) is 3.10. The van der Waals surface area contributed by atoms with Crippen LogP contribution in [0.5, 0.6) is 0 Å². The summed E-state index contributed by atoms with van der Waals surface area (Å²) in [6, 6.07) is 16.2. The standard InChI is InChI=1S/C22H19N5OS/c23-11-18-19(16-4-2-1-3-5-16)14-29-22(18)27-21-20-17(6-7-25-21)10-15(13-26-20)12-24-8-9-28/h1-7,10,13-14,24,28H,8-9,12H2,(H,25,27). The predicted octanol–water partition coefficient (Wildman–Crippen LogP) is 4.06. The number of hydrogen-bond acceptors (Lipinski definition) is 7. The van der Waals surface area contributed by atoms with E-state index in [0.717, 1.165) is 32.6 Å². The van der Waals surface area contributed by atoms with Crippen molar-refractivity contribution < 1.29 is 5.11 Å². The maximum Gasteiger partial charge on any atom is 0.157 e. The number of hydrogen-bond donors (Lipinski definition) is 3. The summed E-state index contributed by atoms with van der Waals surface area (Å²) >= 11 is 1.48. The first-order valence-corrected chi connectivity index (χ1v) is 10.1. The molecule has 0 bridgehead atoms. The van der Waals surface area contributed by atoms with Gasteiger partial charge in [0.15, 0.2) is 5.82 Å². The molecular weight excluding hydrogens is 382 g/mol. The summed E-state index contributed by atoms with van der Waals surface area (Å²) in [6.45, 7) is 1.28. The monoisotopic (exact) mass is 401 g/mol. The molecule has 0 fully saturated rings. The largest absolute Gasteiger partial charge is 0.395 e. The second kappa shape index (κ2) is 8.80. The summed E-state index contributed by atoms with van der Waals surface area (Å²) in [4.78, 5) is 9.01. The van der Waals surface area contributed by atoms with E-state index >= 15 is 0 Å². The van der Waals surface area contributed by atoms with Crippen LogP contribution in [0.3, 0.4) is 0 Å². The van der Waals surface area contributed by atoms with Gasteiger partial charge >= 0.3 is 0 Å². The third kappa shape index (κ3) is 4.10. The molecule has 4 aromatic rings. The molecule has 0 amide bonds. The van der Waals surface area contributed by atoms with Crippen LogP contribution in [0, 0.1) is 11.3 Å². The maximum atomic E-state index is 9.74. The SMILES string of the molecule is N#Cc1c(-c2ccccc2)csc1Nc1nccc2cc(CNCCO)cnc12. The van der Waals surface area contributed by atoms with E-state index in [-0.39, 0.29) is 6.61 Å². The Bertz CT molecular complexity index is 1170. The Labute approximate surface area is 172 Å². The number of aliphatic hydroxyl groups is 1. The molecule has 0 radical (unpaired) electrons. The van der Waals surface area contributed by atoms with Gasteiger partial charge in [0.05, 0.1) is 12.2 Å². The maximum absolute atomic E-state index is 9.74. The first-order chi connectivity index (χ1) is 14.3. The summed E-state index contributed by atoms with van der Waals surface area (Å²) in [6.07, 6.45) is 3.53. The summed E-state index contributed by atoms with van der Waals surface area (Å²) in [5.41, 5.74) is 4.30. The topological polar surface area (TPSA) is 93.9 Å². The number of pyridine rings is 2. The summed E-state index contributed by atoms with van der Waals surface area (Å²) < 4.78 is 0. The molecule has 144 valence electrons. The Morgan fingerprint density at radius 1 is 1.14 bits per heavy atom. The first-order valence-electron chi connectivity index (χ1n) is 9.19. The Morgan fingerprint density at radius 3 is 2.79 bits per heavy atom. The number of aromatic nitrogens is 2. The zero-order valence-electron chi connectivity index (χ0n) is 15.6. The highest BCUT2D eigenvalue weighted by atomic mass is 32.1. The summed E-state index contributed by atoms with van der Waals surface area (Å²) in [5, 5.41) is 28.8. The smallest absolute Gasteiger partial charge is 0.157 e. The van der Waals surface area contributed by atoms with Crippen LogP contribution in [0.2, 0.25) is 0 Å². The number of fused-ring (bicyclic) bond motifs is 1. The highest BCUT2D eigenvalue weighted by molar-refractivity contribution is 7.15. The van der Waals surface area contributed by atoms with E-state index in [9.17, 15) is 5.26 Å². The van der Waals surface area contributed by atoms with Crippen molar-refractivity contribution in [3.63, 3.8) is 0 Å².